The highest BCUT2D eigenvalue weighted by atomic mass is 16.7. The molecule has 0 aromatic heterocycles. The van der Waals surface area contributed by atoms with Crippen molar-refractivity contribution >= 4 is 5.97 Å². The second kappa shape index (κ2) is 48.9. The molecule has 0 aromatic carbocycles. The number of aliphatic hydroxyl groups is 4. The Bertz CT molecular complexity index is 1410. The summed E-state index contributed by atoms with van der Waals surface area (Å²) in [6.45, 7) is 4.33. The van der Waals surface area contributed by atoms with Gasteiger partial charge in [-0.05, 0) is 103 Å². The van der Waals surface area contributed by atoms with Crippen molar-refractivity contribution < 1.29 is 44.2 Å². The highest BCUT2D eigenvalue weighted by Gasteiger charge is 2.44. The molecular weight excluding hydrogens is 853 g/mol. The Balaban J connectivity index is 2.25. The Morgan fingerprint density at radius 3 is 1.35 bits per heavy atom. The van der Waals surface area contributed by atoms with E-state index in [0.717, 1.165) is 109 Å². The average molecular weight is 951 g/mol. The summed E-state index contributed by atoms with van der Waals surface area (Å²) in [6.07, 6.45) is 62.6. The van der Waals surface area contributed by atoms with Gasteiger partial charge in [-0.3, -0.25) is 4.79 Å². The lowest BCUT2D eigenvalue weighted by atomic mass is 9.99. The fourth-order valence-corrected chi connectivity index (χ4v) is 7.50. The third-order valence-corrected chi connectivity index (χ3v) is 11.7. The number of unbranched alkanes of at least 4 members (excludes halogenated alkanes) is 16. The van der Waals surface area contributed by atoms with Crippen molar-refractivity contribution in [1.29, 1.82) is 0 Å². The molecule has 0 aromatic rings. The first-order chi connectivity index (χ1) is 33.4. The number of esters is 1. The molecule has 9 nitrogen and oxygen atoms in total. The summed E-state index contributed by atoms with van der Waals surface area (Å²) in [4.78, 5) is 12.9. The predicted molar refractivity (Wildman–Crippen MR) is 283 cm³/mol. The molecule has 1 rings (SSSR count). The van der Waals surface area contributed by atoms with E-state index in [1.807, 2.05) is 0 Å². The van der Waals surface area contributed by atoms with Gasteiger partial charge >= 0.3 is 5.97 Å². The number of hydrogen-bond acceptors (Lipinski definition) is 9. The van der Waals surface area contributed by atoms with E-state index in [4.69, 9.17) is 18.9 Å². The smallest absolute Gasteiger partial charge is 0.306 e. The minimum absolute atomic E-state index is 0.111. The van der Waals surface area contributed by atoms with Gasteiger partial charge in [-0.15, -0.1) is 0 Å². The average Bonchev–Trinajstić information content (AvgIpc) is 3.34. The molecule has 9 heteroatoms. The van der Waals surface area contributed by atoms with Crippen molar-refractivity contribution in [3.8, 4) is 0 Å². The van der Waals surface area contributed by atoms with Gasteiger partial charge in [-0.25, -0.2) is 0 Å². The van der Waals surface area contributed by atoms with E-state index < -0.39 is 43.4 Å². The van der Waals surface area contributed by atoms with E-state index in [9.17, 15) is 25.2 Å². The zero-order valence-corrected chi connectivity index (χ0v) is 42.8. The first-order valence-corrected chi connectivity index (χ1v) is 27.0. The van der Waals surface area contributed by atoms with Crippen molar-refractivity contribution in [2.75, 3.05) is 26.4 Å². The fraction of sp³-hybridized carbons (Fsp3) is 0.678. The van der Waals surface area contributed by atoms with E-state index >= 15 is 0 Å². The molecule has 0 aliphatic carbocycles. The third-order valence-electron chi connectivity index (χ3n) is 11.7. The van der Waals surface area contributed by atoms with Crippen molar-refractivity contribution in [3.63, 3.8) is 0 Å². The molecule has 1 saturated heterocycles. The number of carbonyl (C=O) groups excluding carboxylic acids is 1. The van der Waals surface area contributed by atoms with E-state index in [-0.39, 0.29) is 19.2 Å². The molecule has 1 aliphatic heterocycles. The molecule has 6 unspecified atom stereocenters. The second-order valence-electron chi connectivity index (χ2n) is 17.9. The molecule has 1 heterocycles. The maximum Gasteiger partial charge on any atom is 0.306 e. The molecule has 1 fully saturated rings. The molecular formula is C59H98O9. The van der Waals surface area contributed by atoms with Crippen molar-refractivity contribution in [2.24, 2.45) is 0 Å². The SMILES string of the molecule is CC/C=C\C/C=C\C/C=C\C/C=C\C/C=C\C/C=C\CCCCCOCC(COC1OC(CO)C(O)C(O)C1O)OC(=O)CCCCCCCCCC/C=C\C/C=C\C/C=C\CCCCCCC. The Morgan fingerprint density at radius 1 is 0.485 bits per heavy atom. The van der Waals surface area contributed by atoms with Crippen LogP contribution in [0.15, 0.2) is 109 Å². The Labute approximate surface area is 414 Å². The van der Waals surface area contributed by atoms with Gasteiger partial charge in [0.05, 0.1) is 19.8 Å². The molecule has 0 amide bonds. The Kier molecular flexibility index (Phi) is 45.2. The summed E-state index contributed by atoms with van der Waals surface area (Å²) in [5.74, 6) is -0.337. The quantitative estimate of drug-likeness (QED) is 0.0267. The largest absolute Gasteiger partial charge is 0.457 e. The summed E-state index contributed by atoms with van der Waals surface area (Å²) in [6, 6.07) is 0. The second-order valence-corrected chi connectivity index (χ2v) is 17.9. The van der Waals surface area contributed by atoms with Gasteiger partial charge in [-0.2, -0.15) is 0 Å². The molecule has 0 saturated carbocycles. The number of allylic oxidation sites excluding steroid dienone is 18. The maximum absolute atomic E-state index is 12.9. The molecule has 0 spiro atoms. The summed E-state index contributed by atoms with van der Waals surface area (Å²) in [7, 11) is 0. The van der Waals surface area contributed by atoms with Crippen LogP contribution in [-0.4, -0.2) is 89.6 Å². The summed E-state index contributed by atoms with van der Waals surface area (Å²) in [5, 5.41) is 40.3. The van der Waals surface area contributed by atoms with Gasteiger partial charge in [0, 0.05) is 13.0 Å². The molecule has 0 radical (unpaired) electrons. The first kappa shape index (κ1) is 62.9. The maximum atomic E-state index is 12.9. The van der Waals surface area contributed by atoms with Crippen molar-refractivity contribution in [2.45, 2.75) is 230 Å². The first-order valence-electron chi connectivity index (χ1n) is 27.0. The molecule has 4 N–H and O–H groups in total. The van der Waals surface area contributed by atoms with Crippen molar-refractivity contribution in [3.05, 3.63) is 109 Å². The van der Waals surface area contributed by atoms with Crippen LogP contribution in [0.4, 0.5) is 0 Å². The van der Waals surface area contributed by atoms with Crippen LogP contribution in [-0.2, 0) is 23.7 Å². The number of aliphatic hydroxyl groups excluding tert-OH is 4. The van der Waals surface area contributed by atoms with Gasteiger partial charge in [0.2, 0.25) is 0 Å². The Hall–Kier alpha value is -3.15. The van der Waals surface area contributed by atoms with E-state index in [1.54, 1.807) is 0 Å². The van der Waals surface area contributed by atoms with Crippen LogP contribution in [0.3, 0.4) is 0 Å². The monoisotopic (exact) mass is 951 g/mol. The minimum atomic E-state index is -1.55. The molecule has 6 atom stereocenters. The standard InChI is InChI=1S/C59H98O9/c1-3-5-7-9-11-13-15-17-19-21-23-25-27-28-30-32-34-36-38-40-42-44-46-48-55(61)67-53(52-66-59-58(64)57(63)56(62)54(50-60)68-59)51-65-49-47-45-43-41-39-37-35-33-31-29-26-24-22-20-18-16-14-12-10-8-6-4-2/h6,8,12,14-15,17-18,20-21,23-24,26-28,31,33,37,39,53-54,56-60,62-64H,3-5,7,9-11,13,16,19,22,25,29-30,32,34-36,38,40-52H2,1-2H3/b8-6-,14-12-,17-15-,20-18-,23-21-,26-24-,28-27-,33-31-,39-37-. The lowest BCUT2D eigenvalue weighted by Crippen LogP contribution is -2.59. The van der Waals surface area contributed by atoms with Crippen LogP contribution in [0.25, 0.3) is 0 Å². The number of ether oxygens (including phenoxy) is 4. The van der Waals surface area contributed by atoms with Crippen LogP contribution in [0.1, 0.15) is 194 Å². The summed E-state index contributed by atoms with van der Waals surface area (Å²) in [5.41, 5.74) is 0. The molecule has 388 valence electrons. The number of carbonyl (C=O) groups is 1. The highest BCUT2D eigenvalue weighted by molar-refractivity contribution is 5.69. The lowest BCUT2D eigenvalue weighted by molar-refractivity contribution is -0.305. The number of hydrogen-bond donors (Lipinski definition) is 4. The van der Waals surface area contributed by atoms with Gasteiger partial charge in [0.25, 0.3) is 0 Å². The zero-order valence-electron chi connectivity index (χ0n) is 42.8. The van der Waals surface area contributed by atoms with Crippen LogP contribution >= 0.6 is 0 Å². The van der Waals surface area contributed by atoms with Crippen LogP contribution < -0.4 is 0 Å². The van der Waals surface area contributed by atoms with Crippen LogP contribution in [0.2, 0.25) is 0 Å². The topological polar surface area (TPSA) is 135 Å². The van der Waals surface area contributed by atoms with Gasteiger partial charge < -0.3 is 39.4 Å². The van der Waals surface area contributed by atoms with Crippen LogP contribution in [0, 0.1) is 0 Å². The van der Waals surface area contributed by atoms with E-state index in [0.29, 0.717) is 13.0 Å². The molecule has 0 bridgehead atoms. The fourth-order valence-electron chi connectivity index (χ4n) is 7.50. The highest BCUT2D eigenvalue weighted by Crippen LogP contribution is 2.22. The molecule has 1 aliphatic rings. The predicted octanol–water partition coefficient (Wildman–Crippen LogP) is 13.7. The number of rotatable bonds is 45. The van der Waals surface area contributed by atoms with E-state index in [1.165, 1.54) is 64.2 Å². The summed E-state index contributed by atoms with van der Waals surface area (Å²) < 4.78 is 22.9. The van der Waals surface area contributed by atoms with Crippen LogP contribution in [0.5, 0.6) is 0 Å². The lowest BCUT2D eigenvalue weighted by Gasteiger charge is -2.39. The normalized spacial score (nSPS) is 20.0. The Morgan fingerprint density at radius 2 is 0.897 bits per heavy atom. The van der Waals surface area contributed by atoms with Gasteiger partial charge in [0.1, 0.15) is 30.5 Å². The van der Waals surface area contributed by atoms with Crippen molar-refractivity contribution in [1.82, 2.24) is 0 Å². The van der Waals surface area contributed by atoms with Gasteiger partial charge in [-0.1, -0.05) is 194 Å². The van der Waals surface area contributed by atoms with Gasteiger partial charge in [0.15, 0.2) is 6.29 Å². The molecule has 68 heavy (non-hydrogen) atoms. The third kappa shape index (κ3) is 38.7. The summed E-state index contributed by atoms with van der Waals surface area (Å²) >= 11 is 0. The zero-order chi connectivity index (χ0) is 49.2. The van der Waals surface area contributed by atoms with E-state index in [2.05, 4.69) is 123 Å². The minimum Gasteiger partial charge on any atom is -0.457 e.